The summed E-state index contributed by atoms with van der Waals surface area (Å²) in [5, 5.41) is 3.97. The molecular formula is C13H23N3O3. The van der Waals surface area contributed by atoms with E-state index in [9.17, 15) is 4.79 Å². The normalized spacial score (nSPS) is 11.9. The van der Waals surface area contributed by atoms with E-state index in [0.717, 1.165) is 13.0 Å². The molecule has 0 unspecified atom stereocenters. The molecule has 6 heteroatoms. The van der Waals surface area contributed by atoms with Gasteiger partial charge in [0.2, 0.25) is 5.89 Å². The van der Waals surface area contributed by atoms with Crippen molar-refractivity contribution in [1.82, 2.24) is 15.0 Å². The highest BCUT2D eigenvalue weighted by Gasteiger charge is 2.22. The lowest BCUT2D eigenvalue weighted by Gasteiger charge is -2.17. The third-order valence-electron chi connectivity index (χ3n) is 2.62. The number of esters is 1. The first-order valence-corrected chi connectivity index (χ1v) is 6.49. The first-order valence-electron chi connectivity index (χ1n) is 6.49. The van der Waals surface area contributed by atoms with Crippen molar-refractivity contribution in [3.63, 3.8) is 0 Å². The molecule has 1 heterocycles. The lowest BCUT2D eigenvalue weighted by Crippen LogP contribution is -2.31. The number of aromatic nitrogens is 2. The van der Waals surface area contributed by atoms with Crippen molar-refractivity contribution >= 4 is 5.97 Å². The number of methoxy groups -OCH3 is 1. The topological polar surface area (TPSA) is 68.5 Å². The summed E-state index contributed by atoms with van der Waals surface area (Å²) in [4.78, 5) is 17.6. The average Bonchev–Trinajstić information content (AvgIpc) is 2.77. The maximum Gasteiger partial charge on any atom is 0.319 e. The maximum atomic E-state index is 11.3. The second kappa shape index (κ2) is 6.65. The van der Waals surface area contributed by atoms with Crippen LogP contribution in [0.4, 0.5) is 0 Å². The van der Waals surface area contributed by atoms with Crippen molar-refractivity contribution in [2.45, 2.75) is 46.1 Å². The molecule has 0 saturated heterocycles. The smallest absolute Gasteiger partial charge is 0.319 e. The Kier molecular flexibility index (Phi) is 5.47. The largest absolute Gasteiger partial charge is 0.468 e. The quantitative estimate of drug-likeness (QED) is 0.733. The molecule has 0 bridgehead atoms. The molecule has 108 valence electrons. The van der Waals surface area contributed by atoms with Crippen molar-refractivity contribution in [1.29, 1.82) is 0 Å². The van der Waals surface area contributed by atoms with E-state index in [-0.39, 0.29) is 17.9 Å². The van der Waals surface area contributed by atoms with Gasteiger partial charge in [-0.15, -0.1) is 0 Å². The van der Waals surface area contributed by atoms with E-state index < -0.39 is 0 Å². The number of carbonyl (C=O) groups excluding carboxylic acids is 1. The summed E-state index contributed by atoms with van der Waals surface area (Å²) < 4.78 is 9.91. The van der Waals surface area contributed by atoms with Gasteiger partial charge in [-0.2, -0.15) is 4.98 Å². The molecule has 0 spiro atoms. The van der Waals surface area contributed by atoms with Crippen LogP contribution in [0, 0.1) is 0 Å². The lowest BCUT2D eigenvalue weighted by atomic mass is 9.96. The van der Waals surface area contributed by atoms with E-state index in [1.165, 1.54) is 7.11 Å². The van der Waals surface area contributed by atoms with Crippen LogP contribution in [0.2, 0.25) is 0 Å². The predicted octanol–water partition coefficient (Wildman–Crippen LogP) is 1.75. The van der Waals surface area contributed by atoms with Crippen LogP contribution in [0.15, 0.2) is 4.52 Å². The number of hydrogen-bond donors (Lipinski definition) is 0. The molecule has 1 aromatic rings. The van der Waals surface area contributed by atoms with Crippen LogP contribution in [-0.4, -0.2) is 41.2 Å². The minimum absolute atomic E-state index is 0.139. The summed E-state index contributed by atoms with van der Waals surface area (Å²) in [6.45, 7) is 9.62. The fraction of sp³-hybridized carbons (Fsp3) is 0.769. The average molecular weight is 269 g/mol. The van der Waals surface area contributed by atoms with Crippen molar-refractivity contribution in [2.75, 3.05) is 20.2 Å². The summed E-state index contributed by atoms with van der Waals surface area (Å²) in [6.07, 6.45) is 0.942. The van der Waals surface area contributed by atoms with Crippen LogP contribution >= 0.6 is 0 Å². The van der Waals surface area contributed by atoms with Gasteiger partial charge in [0.05, 0.1) is 20.2 Å². The Hall–Kier alpha value is -1.43. The Morgan fingerprint density at radius 2 is 2.11 bits per heavy atom. The molecule has 1 aromatic heterocycles. The Bertz CT molecular complexity index is 410. The number of hydrogen-bond acceptors (Lipinski definition) is 6. The molecule has 0 amide bonds. The Balaban J connectivity index is 2.68. The molecule has 0 aromatic carbocycles. The predicted molar refractivity (Wildman–Crippen MR) is 70.6 cm³/mol. The van der Waals surface area contributed by atoms with E-state index in [2.05, 4.69) is 21.8 Å². The molecule has 0 aliphatic rings. The van der Waals surface area contributed by atoms with Gasteiger partial charge in [0.1, 0.15) is 0 Å². The fourth-order valence-electron chi connectivity index (χ4n) is 1.59. The molecule has 19 heavy (non-hydrogen) atoms. The third-order valence-corrected chi connectivity index (χ3v) is 2.62. The van der Waals surface area contributed by atoms with Gasteiger partial charge >= 0.3 is 5.97 Å². The van der Waals surface area contributed by atoms with Crippen LogP contribution in [-0.2, 0) is 21.5 Å². The van der Waals surface area contributed by atoms with Crippen LogP contribution in [0.3, 0.4) is 0 Å². The molecule has 1 rings (SSSR count). The van der Waals surface area contributed by atoms with Crippen molar-refractivity contribution in [3.8, 4) is 0 Å². The fourth-order valence-corrected chi connectivity index (χ4v) is 1.59. The van der Waals surface area contributed by atoms with E-state index in [1.54, 1.807) is 0 Å². The molecule has 0 radical (unpaired) electrons. The van der Waals surface area contributed by atoms with Gasteiger partial charge in [0.15, 0.2) is 5.82 Å². The highest BCUT2D eigenvalue weighted by molar-refractivity contribution is 5.71. The third kappa shape index (κ3) is 4.98. The van der Waals surface area contributed by atoms with Crippen LogP contribution in [0.1, 0.15) is 45.8 Å². The highest BCUT2D eigenvalue weighted by atomic mass is 16.5. The minimum Gasteiger partial charge on any atom is -0.468 e. The zero-order valence-corrected chi connectivity index (χ0v) is 12.4. The lowest BCUT2D eigenvalue weighted by molar-refractivity contribution is -0.142. The number of ether oxygens (including phenoxy) is 1. The van der Waals surface area contributed by atoms with Crippen LogP contribution < -0.4 is 0 Å². The standard InChI is InChI=1S/C13H23N3O3/c1-6-7-16(9-11(17)18-5)8-10-14-12(15-19-10)13(2,3)4/h6-9H2,1-5H3. The molecule has 0 aliphatic heterocycles. The van der Waals surface area contributed by atoms with Gasteiger partial charge in [0.25, 0.3) is 0 Å². The summed E-state index contributed by atoms with van der Waals surface area (Å²) in [5.41, 5.74) is -0.139. The number of rotatable bonds is 6. The first-order chi connectivity index (χ1) is 8.86. The molecule has 0 aliphatic carbocycles. The van der Waals surface area contributed by atoms with Gasteiger partial charge in [-0.1, -0.05) is 32.9 Å². The molecule has 6 nitrogen and oxygen atoms in total. The second-order valence-electron chi connectivity index (χ2n) is 5.55. The summed E-state index contributed by atoms with van der Waals surface area (Å²) in [5.74, 6) is 0.948. The highest BCUT2D eigenvalue weighted by Crippen LogP contribution is 2.18. The Morgan fingerprint density at radius 3 is 2.58 bits per heavy atom. The summed E-state index contributed by atoms with van der Waals surface area (Å²) in [7, 11) is 1.39. The van der Waals surface area contributed by atoms with E-state index in [0.29, 0.717) is 18.3 Å². The number of nitrogens with zero attached hydrogens (tertiary/aromatic N) is 3. The van der Waals surface area contributed by atoms with Crippen LogP contribution in [0.25, 0.3) is 0 Å². The van der Waals surface area contributed by atoms with Gasteiger partial charge in [0, 0.05) is 5.41 Å². The van der Waals surface area contributed by atoms with Crippen LogP contribution in [0.5, 0.6) is 0 Å². The summed E-state index contributed by atoms with van der Waals surface area (Å²) >= 11 is 0. The summed E-state index contributed by atoms with van der Waals surface area (Å²) in [6, 6.07) is 0. The van der Waals surface area contributed by atoms with Gasteiger partial charge < -0.3 is 9.26 Å². The monoisotopic (exact) mass is 269 g/mol. The van der Waals surface area contributed by atoms with Gasteiger partial charge in [-0.25, -0.2) is 0 Å². The first kappa shape index (κ1) is 15.6. The van der Waals surface area contributed by atoms with E-state index in [1.807, 2.05) is 25.7 Å². The van der Waals surface area contributed by atoms with E-state index in [4.69, 9.17) is 4.52 Å². The van der Waals surface area contributed by atoms with Crippen molar-refractivity contribution < 1.29 is 14.1 Å². The second-order valence-corrected chi connectivity index (χ2v) is 5.55. The maximum absolute atomic E-state index is 11.3. The molecule has 0 saturated carbocycles. The van der Waals surface area contributed by atoms with Crippen molar-refractivity contribution in [3.05, 3.63) is 11.7 Å². The van der Waals surface area contributed by atoms with Gasteiger partial charge in [-0.05, 0) is 13.0 Å². The minimum atomic E-state index is -0.260. The van der Waals surface area contributed by atoms with Gasteiger partial charge in [-0.3, -0.25) is 9.69 Å². The number of carbonyl (C=O) groups is 1. The molecule has 0 atom stereocenters. The Morgan fingerprint density at radius 1 is 1.42 bits per heavy atom. The van der Waals surface area contributed by atoms with Crippen molar-refractivity contribution in [2.24, 2.45) is 0 Å². The zero-order chi connectivity index (χ0) is 14.5. The van der Waals surface area contributed by atoms with E-state index >= 15 is 0 Å². The SMILES string of the molecule is CCCN(CC(=O)OC)Cc1nc(C(C)(C)C)no1. The zero-order valence-electron chi connectivity index (χ0n) is 12.4. The Labute approximate surface area is 114 Å². The molecule has 0 N–H and O–H groups in total. The molecular weight excluding hydrogens is 246 g/mol. The molecule has 0 fully saturated rings.